The number of hydrogen-bond acceptors (Lipinski definition) is 5. The summed E-state index contributed by atoms with van der Waals surface area (Å²) >= 11 is 0. The van der Waals surface area contributed by atoms with E-state index in [9.17, 15) is 4.79 Å². The molecule has 7 nitrogen and oxygen atoms in total. The maximum atomic E-state index is 12.1. The van der Waals surface area contributed by atoms with Crippen molar-refractivity contribution >= 4 is 22.7 Å². The molecule has 1 aromatic heterocycles. The van der Waals surface area contributed by atoms with E-state index in [0.717, 1.165) is 49.3 Å². The molecular formula is C24H31N5O2. The Labute approximate surface area is 183 Å². The molecule has 164 valence electrons. The molecule has 2 heterocycles. The Morgan fingerprint density at radius 3 is 2.87 bits per heavy atom. The molecule has 0 aliphatic carbocycles. The van der Waals surface area contributed by atoms with Gasteiger partial charge >= 0.3 is 6.03 Å². The number of piperazine rings is 1. The van der Waals surface area contributed by atoms with Crippen molar-refractivity contribution in [3.05, 3.63) is 59.8 Å². The molecular weight excluding hydrogens is 390 g/mol. The topological polar surface area (TPSA) is 73.6 Å². The third-order valence-corrected chi connectivity index (χ3v) is 5.85. The number of urea groups is 1. The van der Waals surface area contributed by atoms with E-state index in [2.05, 4.69) is 63.7 Å². The number of nitrogens with one attached hydrogen (secondary N) is 2. The Balaban J connectivity index is 1.14. The van der Waals surface area contributed by atoms with Gasteiger partial charge in [-0.25, -0.2) is 4.79 Å². The van der Waals surface area contributed by atoms with E-state index in [-0.39, 0.29) is 6.03 Å². The van der Waals surface area contributed by atoms with Gasteiger partial charge in [-0.3, -0.25) is 4.90 Å². The van der Waals surface area contributed by atoms with Crippen LogP contribution in [0.1, 0.15) is 24.6 Å². The highest BCUT2D eigenvalue weighted by Crippen LogP contribution is 2.21. The van der Waals surface area contributed by atoms with Crippen LogP contribution < -0.4 is 15.5 Å². The molecule has 1 saturated heterocycles. The highest BCUT2D eigenvalue weighted by molar-refractivity contribution is 5.80. The third-order valence-electron chi connectivity index (χ3n) is 5.85. The summed E-state index contributed by atoms with van der Waals surface area (Å²) in [6.45, 7) is 9.53. The number of hydrogen-bond donors (Lipinski definition) is 2. The number of carbonyl (C=O) groups is 1. The molecule has 1 aliphatic rings. The lowest BCUT2D eigenvalue weighted by Crippen LogP contribution is -2.52. The molecule has 0 spiro atoms. The van der Waals surface area contributed by atoms with Crippen LogP contribution in [-0.2, 0) is 6.54 Å². The number of carbonyl (C=O) groups excluding carboxylic acids is 1. The van der Waals surface area contributed by atoms with Crippen molar-refractivity contribution in [1.29, 1.82) is 0 Å². The molecule has 2 aromatic carbocycles. The van der Waals surface area contributed by atoms with Crippen LogP contribution in [0.5, 0.6) is 0 Å². The maximum absolute atomic E-state index is 12.1. The van der Waals surface area contributed by atoms with Crippen LogP contribution >= 0.6 is 0 Å². The van der Waals surface area contributed by atoms with Crippen molar-refractivity contribution in [3.63, 3.8) is 0 Å². The first kappa shape index (κ1) is 21.2. The van der Waals surface area contributed by atoms with Crippen LogP contribution in [0, 0.1) is 6.92 Å². The second kappa shape index (κ2) is 9.83. The highest BCUT2D eigenvalue weighted by Gasteiger charge is 2.23. The van der Waals surface area contributed by atoms with Crippen LogP contribution in [0.15, 0.2) is 53.1 Å². The van der Waals surface area contributed by atoms with E-state index in [1.165, 1.54) is 11.3 Å². The first-order valence-electron chi connectivity index (χ1n) is 11.0. The Hall–Kier alpha value is -3.06. The predicted molar refractivity (Wildman–Crippen MR) is 123 cm³/mol. The van der Waals surface area contributed by atoms with Crippen molar-refractivity contribution in [2.75, 3.05) is 37.6 Å². The minimum Gasteiger partial charge on any atom is -0.366 e. The molecule has 7 heteroatoms. The van der Waals surface area contributed by atoms with Gasteiger partial charge in [0.05, 0.1) is 6.54 Å². The second-order valence-corrected chi connectivity index (χ2v) is 8.27. The Bertz CT molecular complexity index is 1020. The number of aromatic nitrogens is 1. The number of para-hydroxylation sites is 1. The average Bonchev–Trinajstić information content (AvgIpc) is 3.18. The monoisotopic (exact) mass is 421 g/mol. The summed E-state index contributed by atoms with van der Waals surface area (Å²) in [7, 11) is 0. The zero-order chi connectivity index (χ0) is 21.6. The Morgan fingerprint density at radius 2 is 2.03 bits per heavy atom. The van der Waals surface area contributed by atoms with Crippen LogP contribution in [-0.4, -0.2) is 54.9 Å². The smallest absolute Gasteiger partial charge is 0.315 e. The second-order valence-electron chi connectivity index (χ2n) is 8.27. The molecule has 4 rings (SSSR count). The summed E-state index contributed by atoms with van der Waals surface area (Å²) < 4.78 is 5.27. The van der Waals surface area contributed by atoms with Gasteiger partial charge in [-0.2, -0.15) is 0 Å². The molecule has 0 bridgehead atoms. The summed E-state index contributed by atoms with van der Waals surface area (Å²) in [5.74, 6) is 0. The van der Waals surface area contributed by atoms with E-state index in [1.54, 1.807) is 0 Å². The first-order valence-corrected chi connectivity index (χ1v) is 11.0. The van der Waals surface area contributed by atoms with Gasteiger partial charge in [-0.1, -0.05) is 29.4 Å². The third kappa shape index (κ3) is 5.35. The van der Waals surface area contributed by atoms with Crippen molar-refractivity contribution < 1.29 is 9.32 Å². The van der Waals surface area contributed by atoms with Gasteiger partial charge in [0.1, 0.15) is 5.69 Å². The molecule has 2 N–H and O–H groups in total. The fourth-order valence-electron chi connectivity index (χ4n) is 4.22. The molecule has 1 unspecified atom stereocenters. The van der Waals surface area contributed by atoms with Gasteiger partial charge in [0.25, 0.3) is 0 Å². The highest BCUT2D eigenvalue weighted by atomic mass is 16.5. The number of fused-ring (bicyclic) bond motifs is 1. The van der Waals surface area contributed by atoms with Gasteiger partial charge in [-0.05, 0) is 56.6 Å². The number of benzene rings is 2. The Kier molecular flexibility index (Phi) is 6.72. The fourth-order valence-corrected chi connectivity index (χ4v) is 4.22. The standard InChI is InChI=1S/C24H31N5O2/c1-18-7-5-8-20(15-18)29-14-13-28(17-19(29)2)12-6-11-25-24(30)26-16-22-21-9-3-4-10-23(21)31-27-22/h3-5,7-10,15,19H,6,11-14,16-17H2,1-2H3,(H2,25,26,30). The molecule has 3 aromatic rings. The lowest BCUT2D eigenvalue weighted by atomic mass is 10.1. The van der Waals surface area contributed by atoms with Crippen molar-refractivity contribution in [2.45, 2.75) is 32.9 Å². The molecule has 31 heavy (non-hydrogen) atoms. The molecule has 1 aliphatic heterocycles. The largest absolute Gasteiger partial charge is 0.366 e. The van der Waals surface area contributed by atoms with E-state index in [0.29, 0.717) is 19.1 Å². The fraction of sp³-hybridized carbons (Fsp3) is 0.417. The van der Waals surface area contributed by atoms with Crippen LogP contribution in [0.2, 0.25) is 0 Å². The van der Waals surface area contributed by atoms with Gasteiger partial charge in [0.2, 0.25) is 0 Å². The SMILES string of the molecule is Cc1cccc(N2CCN(CCCNC(=O)NCc3noc4ccccc34)CC2C)c1. The van der Waals surface area contributed by atoms with Gasteiger partial charge in [0.15, 0.2) is 5.58 Å². The summed E-state index contributed by atoms with van der Waals surface area (Å²) in [6.07, 6.45) is 0.928. The van der Waals surface area contributed by atoms with Crippen LogP contribution in [0.25, 0.3) is 11.0 Å². The minimum atomic E-state index is -0.176. The van der Waals surface area contributed by atoms with Crippen molar-refractivity contribution in [3.8, 4) is 0 Å². The van der Waals surface area contributed by atoms with E-state index in [4.69, 9.17) is 4.52 Å². The zero-order valence-corrected chi connectivity index (χ0v) is 18.3. The van der Waals surface area contributed by atoms with Crippen LogP contribution in [0.4, 0.5) is 10.5 Å². The number of rotatable bonds is 7. The van der Waals surface area contributed by atoms with E-state index < -0.39 is 0 Å². The predicted octanol–water partition coefficient (Wildman–Crippen LogP) is 3.54. The number of anilines is 1. The summed E-state index contributed by atoms with van der Waals surface area (Å²) in [4.78, 5) is 17.1. The van der Waals surface area contributed by atoms with Gasteiger partial charge < -0.3 is 20.1 Å². The molecule has 2 amide bonds. The number of aryl methyl sites for hydroxylation is 1. The van der Waals surface area contributed by atoms with Crippen LogP contribution in [0.3, 0.4) is 0 Å². The lowest BCUT2D eigenvalue weighted by Gasteiger charge is -2.41. The normalized spacial score (nSPS) is 17.1. The quantitative estimate of drug-likeness (QED) is 0.571. The molecule has 1 atom stereocenters. The Morgan fingerprint density at radius 1 is 1.16 bits per heavy atom. The molecule has 1 fully saturated rings. The molecule has 0 saturated carbocycles. The molecule has 0 radical (unpaired) electrons. The minimum absolute atomic E-state index is 0.176. The number of nitrogens with zero attached hydrogens (tertiary/aromatic N) is 3. The van der Waals surface area contributed by atoms with E-state index in [1.807, 2.05) is 24.3 Å². The first-order chi connectivity index (χ1) is 15.1. The number of amides is 2. The van der Waals surface area contributed by atoms with Gasteiger partial charge in [-0.15, -0.1) is 0 Å². The van der Waals surface area contributed by atoms with Gasteiger partial charge in [0, 0.05) is 43.3 Å². The van der Waals surface area contributed by atoms with Crippen molar-refractivity contribution in [2.24, 2.45) is 0 Å². The lowest BCUT2D eigenvalue weighted by molar-refractivity contribution is 0.222. The maximum Gasteiger partial charge on any atom is 0.315 e. The summed E-state index contributed by atoms with van der Waals surface area (Å²) in [5.41, 5.74) is 4.08. The summed E-state index contributed by atoms with van der Waals surface area (Å²) in [6, 6.07) is 16.7. The zero-order valence-electron chi connectivity index (χ0n) is 18.3. The average molecular weight is 422 g/mol. The van der Waals surface area contributed by atoms with Crippen molar-refractivity contribution in [1.82, 2.24) is 20.7 Å². The van der Waals surface area contributed by atoms with E-state index >= 15 is 0 Å². The summed E-state index contributed by atoms with van der Waals surface area (Å²) in [5, 5.41) is 10.8.